The van der Waals surface area contributed by atoms with Crippen LogP contribution in [0.3, 0.4) is 0 Å². The van der Waals surface area contributed by atoms with E-state index in [-0.39, 0.29) is 23.9 Å². The molecule has 8 heteroatoms. The third kappa shape index (κ3) is 5.44. The van der Waals surface area contributed by atoms with Crippen LogP contribution in [-0.2, 0) is 16.1 Å². The summed E-state index contributed by atoms with van der Waals surface area (Å²) in [6, 6.07) is 29.1. The zero-order valence-electron chi connectivity index (χ0n) is 20.4. The molecular formula is C30H22N2O6. The van der Waals surface area contributed by atoms with Crippen molar-refractivity contribution >= 4 is 23.6 Å². The molecule has 1 aliphatic rings. The Morgan fingerprint density at radius 2 is 1.61 bits per heavy atom. The van der Waals surface area contributed by atoms with Crippen LogP contribution in [0.2, 0.25) is 0 Å². The summed E-state index contributed by atoms with van der Waals surface area (Å²) in [7, 11) is 1.51. The van der Waals surface area contributed by atoms with E-state index in [4.69, 9.17) is 14.2 Å². The van der Waals surface area contributed by atoms with E-state index in [0.29, 0.717) is 28.2 Å². The number of nitro benzene ring substituents is 1. The predicted molar refractivity (Wildman–Crippen MR) is 143 cm³/mol. The van der Waals surface area contributed by atoms with Gasteiger partial charge < -0.3 is 14.2 Å². The van der Waals surface area contributed by atoms with Crippen molar-refractivity contribution in [2.45, 2.75) is 6.61 Å². The zero-order chi connectivity index (χ0) is 26.5. The minimum absolute atomic E-state index is 0.00412. The van der Waals surface area contributed by atoms with Crippen LogP contribution in [-0.4, -0.2) is 23.9 Å². The van der Waals surface area contributed by atoms with E-state index in [9.17, 15) is 14.9 Å². The molecule has 0 saturated carbocycles. The van der Waals surface area contributed by atoms with Gasteiger partial charge in [0.15, 0.2) is 17.2 Å². The third-order valence-corrected chi connectivity index (χ3v) is 5.87. The van der Waals surface area contributed by atoms with Gasteiger partial charge in [0.05, 0.1) is 12.0 Å². The van der Waals surface area contributed by atoms with Crippen molar-refractivity contribution in [2.75, 3.05) is 7.11 Å². The lowest BCUT2D eigenvalue weighted by atomic mass is 10.0. The lowest BCUT2D eigenvalue weighted by Gasteiger charge is -2.11. The second-order valence-electron chi connectivity index (χ2n) is 8.41. The van der Waals surface area contributed by atoms with Gasteiger partial charge in [0.2, 0.25) is 5.90 Å². The highest BCUT2D eigenvalue weighted by molar-refractivity contribution is 6.13. The molecular weight excluding hydrogens is 484 g/mol. The SMILES string of the molecule is COc1cc(/C=C2\N=C(c3ccc(-c4ccccc4)cc3)OC2=O)ccc1OCc1cccc([N+](=O)[O-])c1. The Morgan fingerprint density at radius 1 is 0.868 bits per heavy atom. The minimum Gasteiger partial charge on any atom is -0.493 e. The number of aliphatic imine (C=N–C) groups is 1. The summed E-state index contributed by atoms with van der Waals surface area (Å²) < 4.78 is 16.7. The Labute approximate surface area is 218 Å². The van der Waals surface area contributed by atoms with Gasteiger partial charge in [-0.05, 0) is 52.6 Å². The van der Waals surface area contributed by atoms with Crippen molar-refractivity contribution in [2.24, 2.45) is 4.99 Å². The van der Waals surface area contributed by atoms with Crippen molar-refractivity contribution in [1.29, 1.82) is 0 Å². The van der Waals surface area contributed by atoms with Crippen LogP contribution < -0.4 is 9.47 Å². The summed E-state index contributed by atoms with van der Waals surface area (Å²) in [6.45, 7) is 0.127. The van der Waals surface area contributed by atoms with Gasteiger partial charge >= 0.3 is 5.97 Å². The van der Waals surface area contributed by atoms with Crippen LogP contribution in [0.1, 0.15) is 16.7 Å². The molecule has 4 aromatic rings. The third-order valence-electron chi connectivity index (χ3n) is 5.87. The number of benzene rings is 4. The summed E-state index contributed by atoms with van der Waals surface area (Å²) in [5.41, 5.74) is 4.33. The van der Waals surface area contributed by atoms with E-state index in [1.807, 2.05) is 54.6 Å². The highest BCUT2D eigenvalue weighted by atomic mass is 16.6. The van der Waals surface area contributed by atoms with Gasteiger partial charge in [-0.15, -0.1) is 0 Å². The average Bonchev–Trinajstić information content (AvgIpc) is 3.32. The molecule has 38 heavy (non-hydrogen) atoms. The van der Waals surface area contributed by atoms with Crippen molar-refractivity contribution < 1.29 is 23.9 Å². The normalized spacial score (nSPS) is 13.7. The number of methoxy groups -OCH3 is 1. The lowest BCUT2D eigenvalue weighted by molar-refractivity contribution is -0.384. The number of hydrogen-bond donors (Lipinski definition) is 0. The molecule has 0 aromatic heterocycles. The summed E-state index contributed by atoms with van der Waals surface area (Å²) >= 11 is 0. The fourth-order valence-electron chi connectivity index (χ4n) is 3.94. The van der Waals surface area contributed by atoms with E-state index in [2.05, 4.69) is 4.99 Å². The smallest absolute Gasteiger partial charge is 0.363 e. The van der Waals surface area contributed by atoms with E-state index in [1.165, 1.54) is 19.2 Å². The molecule has 8 nitrogen and oxygen atoms in total. The number of carbonyl (C=O) groups is 1. The van der Waals surface area contributed by atoms with Crippen molar-refractivity contribution in [3.8, 4) is 22.6 Å². The summed E-state index contributed by atoms with van der Waals surface area (Å²) in [5, 5.41) is 11.0. The number of rotatable bonds is 8. The Morgan fingerprint density at radius 3 is 2.34 bits per heavy atom. The molecule has 0 atom stereocenters. The molecule has 4 aromatic carbocycles. The first kappa shape index (κ1) is 24.5. The van der Waals surface area contributed by atoms with Crippen LogP contribution in [0.25, 0.3) is 17.2 Å². The molecule has 0 N–H and O–H groups in total. The van der Waals surface area contributed by atoms with E-state index in [0.717, 1.165) is 11.1 Å². The Bertz CT molecular complexity index is 1560. The topological polar surface area (TPSA) is 100 Å². The van der Waals surface area contributed by atoms with Gasteiger partial charge in [-0.1, -0.05) is 60.7 Å². The highest BCUT2D eigenvalue weighted by Gasteiger charge is 2.24. The first-order valence-corrected chi connectivity index (χ1v) is 11.7. The van der Waals surface area contributed by atoms with Gasteiger partial charge in [0.25, 0.3) is 5.69 Å². The average molecular weight is 507 g/mol. The number of hydrogen-bond acceptors (Lipinski definition) is 7. The van der Waals surface area contributed by atoms with Crippen molar-refractivity contribution in [3.05, 3.63) is 130 Å². The van der Waals surface area contributed by atoms with Gasteiger partial charge in [-0.2, -0.15) is 0 Å². The lowest BCUT2D eigenvalue weighted by Crippen LogP contribution is -2.05. The maximum absolute atomic E-state index is 12.5. The van der Waals surface area contributed by atoms with Gasteiger partial charge in [0, 0.05) is 17.7 Å². The Hall–Kier alpha value is -5.24. The number of nitro groups is 1. The van der Waals surface area contributed by atoms with Crippen LogP contribution in [0.5, 0.6) is 11.5 Å². The van der Waals surface area contributed by atoms with Crippen LogP contribution in [0, 0.1) is 10.1 Å². The second kappa shape index (κ2) is 10.8. The molecule has 0 saturated heterocycles. The minimum atomic E-state index is -0.544. The largest absolute Gasteiger partial charge is 0.493 e. The monoisotopic (exact) mass is 506 g/mol. The molecule has 0 amide bonds. The summed E-state index contributed by atoms with van der Waals surface area (Å²) in [5.74, 6) is 0.594. The number of non-ortho nitro benzene ring substituents is 1. The van der Waals surface area contributed by atoms with Crippen LogP contribution in [0.4, 0.5) is 5.69 Å². The molecule has 0 aliphatic carbocycles. The number of cyclic esters (lactones) is 1. The number of carbonyl (C=O) groups excluding carboxylic acids is 1. The molecule has 188 valence electrons. The van der Waals surface area contributed by atoms with Gasteiger partial charge in [0.1, 0.15) is 6.61 Å². The summed E-state index contributed by atoms with van der Waals surface area (Å²) in [6.07, 6.45) is 1.61. The number of ether oxygens (including phenoxy) is 3. The highest BCUT2D eigenvalue weighted by Crippen LogP contribution is 2.31. The quantitative estimate of drug-likeness (QED) is 0.122. The predicted octanol–water partition coefficient (Wildman–Crippen LogP) is 6.19. The van der Waals surface area contributed by atoms with E-state index < -0.39 is 10.9 Å². The fourth-order valence-corrected chi connectivity index (χ4v) is 3.94. The standard InChI is InChI=1S/C30H22N2O6/c1-36-28-18-20(10-15-27(28)37-19-21-6-5-9-25(16-21)32(34)35)17-26-30(33)38-29(31-26)24-13-11-23(12-14-24)22-7-3-2-4-8-22/h2-18H,19H2,1H3/b26-17-. The van der Waals surface area contributed by atoms with Crippen LogP contribution in [0.15, 0.2) is 108 Å². The molecule has 0 fully saturated rings. The van der Waals surface area contributed by atoms with Crippen molar-refractivity contribution in [3.63, 3.8) is 0 Å². The van der Waals surface area contributed by atoms with Crippen molar-refractivity contribution in [1.82, 2.24) is 0 Å². The fraction of sp³-hybridized carbons (Fsp3) is 0.0667. The summed E-state index contributed by atoms with van der Waals surface area (Å²) in [4.78, 5) is 27.4. The zero-order valence-corrected chi connectivity index (χ0v) is 20.4. The molecule has 1 aliphatic heterocycles. The first-order chi connectivity index (χ1) is 18.5. The second-order valence-corrected chi connectivity index (χ2v) is 8.41. The number of esters is 1. The van der Waals surface area contributed by atoms with Gasteiger partial charge in [-0.3, -0.25) is 10.1 Å². The molecule has 0 unspecified atom stereocenters. The maximum atomic E-state index is 12.5. The van der Waals surface area contributed by atoms with Gasteiger partial charge in [-0.25, -0.2) is 9.79 Å². The Balaban J connectivity index is 1.32. The first-order valence-electron chi connectivity index (χ1n) is 11.7. The molecule has 0 bridgehead atoms. The van der Waals surface area contributed by atoms with E-state index in [1.54, 1.807) is 36.4 Å². The van der Waals surface area contributed by atoms with Crippen LogP contribution >= 0.6 is 0 Å². The molecule has 0 spiro atoms. The Kier molecular flexibility index (Phi) is 6.95. The molecule has 0 radical (unpaired) electrons. The number of nitrogens with zero attached hydrogens (tertiary/aromatic N) is 2. The van der Waals surface area contributed by atoms with E-state index >= 15 is 0 Å². The molecule has 5 rings (SSSR count). The molecule has 1 heterocycles. The maximum Gasteiger partial charge on any atom is 0.363 e.